The molecule has 2 atom stereocenters. The van der Waals surface area contributed by atoms with E-state index in [4.69, 9.17) is 8.92 Å². The first kappa shape index (κ1) is 38.4. The highest BCUT2D eigenvalue weighted by Gasteiger charge is 2.39. The number of likely N-dealkylation sites (tertiary alicyclic amines) is 1. The van der Waals surface area contributed by atoms with Crippen LogP contribution in [0.2, 0.25) is 0 Å². The van der Waals surface area contributed by atoms with Crippen LogP contribution < -0.4 is 15.6 Å². The maximum Gasteiger partial charge on any atom is 0.248 e. The standard InChI is InChI=1S/C44H53N3O5S/c1-43(2,3)53(5)52-40(35-18-21-39(49)42-36(35)19-22-41(50)46-42)30-45-29-32-13-16-34(17-14-32)51-27-9-10-31-15-20-38(48)37(28-31)44(23-25-47(4)26-24-44)33-11-7-6-8-12-33/h6-8,11-22,28,40,45H,9-10,23-27,29-30H2,1-5H3,(H2-,46,48,49,50)/p+1/t40-,53?/m0/s1. The van der Waals surface area contributed by atoms with Crippen molar-refractivity contribution in [2.45, 2.75) is 69.3 Å². The first-order valence-electron chi connectivity index (χ1n) is 18.6. The Labute approximate surface area is 316 Å². The molecule has 0 spiro atoms. The molecule has 0 saturated carbocycles. The van der Waals surface area contributed by atoms with Crippen LogP contribution in [0.15, 0.2) is 102 Å². The number of aromatic nitrogens is 1. The zero-order valence-corrected chi connectivity index (χ0v) is 32.5. The molecule has 8 nitrogen and oxygen atoms in total. The molecule has 1 aromatic heterocycles. The summed E-state index contributed by atoms with van der Waals surface area (Å²) in [5, 5.41) is 25.9. The van der Waals surface area contributed by atoms with Gasteiger partial charge in [-0.15, -0.1) is 0 Å². The third-order valence-corrected chi connectivity index (χ3v) is 12.8. The minimum atomic E-state index is -0.357. The van der Waals surface area contributed by atoms with Crippen molar-refractivity contribution in [1.29, 1.82) is 0 Å². The highest BCUT2D eigenvalue weighted by atomic mass is 32.2. The van der Waals surface area contributed by atoms with Crippen molar-refractivity contribution in [3.8, 4) is 17.2 Å². The Hall–Kier alpha value is -4.28. The Kier molecular flexibility index (Phi) is 12.2. The first-order valence-corrected chi connectivity index (χ1v) is 20.2. The fourth-order valence-electron chi connectivity index (χ4n) is 7.16. The molecule has 1 saturated heterocycles. The van der Waals surface area contributed by atoms with E-state index in [0.717, 1.165) is 66.6 Å². The molecule has 1 aliphatic rings. The maximum atomic E-state index is 12.0. The third-order valence-electron chi connectivity index (χ3n) is 10.6. The summed E-state index contributed by atoms with van der Waals surface area (Å²) in [7, 11) is 2.17. The maximum absolute atomic E-state index is 12.0. The fourth-order valence-corrected chi connectivity index (χ4v) is 7.97. The highest BCUT2D eigenvalue weighted by molar-refractivity contribution is 7.93. The molecule has 0 amide bonds. The summed E-state index contributed by atoms with van der Waals surface area (Å²) >= 11 is -0.357. The Morgan fingerprint density at radius 3 is 2.32 bits per heavy atom. The summed E-state index contributed by atoms with van der Waals surface area (Å²) < 4.78 is 12.8. The predicted octanol–water partition coefficient (Wildman–Crippen LogP) is 7.77. The van der Waals surface area contributed by atoms with Gasteiger partial charge in [0.15, 0.2) is 10.9 Å². The van der Waals surface area contributed by atoms with Gasteiger partial charge in [-0.1, -0.05) is 60.7 Å². The number of H-pyrrole nitrogens is 1. The molecule has 1 unspecified atom stereocenters. The van der Waals surface area contributed by atoms with Crippen LogP contribution in [0.25, 0.3) is 10.9 Å². The molecule has 280 valence electrons. The lowest BCUT2D eigenvalue weighted by Crippen LogP contribution is -2.41. The SMILES string of the molecule is CN1CCC(c2ccccc2)(c2cc(CCCOc3ccc(CNC[C@H](O[S+](C)C(C)(C)C)c4ccc(O)c5[nH]c(=O)ccc45)cc3)ccc2O)CC1. The molecule has 0 bridgehead atoms. The predicted molar refractivity (Wildman–Crippen MR) is 217 cm³/mol. The van der Waals surface area contributed by atoms with Gasteiger partial charge < -0.3 is 30.2 Å². The minimum Gasteiger partial charge on any atom is -0.508 e. The lowest BCUT2D eigenvalue weighted by Gasteiger charge is -2.42. The minimum absolute atomic E-state index is 0.0380. The number of nitrogens with zero attached hydrogens (tertiary/aromatic N) is 1. The number of aryl methyl sites for hydroxylation is 1. The highest BCUT2D eigenvalue weighted by Crippen LogP contribution is 2.45. The fraction of sp³-hybridized carbons (Fsp3) is 0.386. The lowest BCUT2D eigenvalue weighted by molar-refractivity contribution is 0.210. The molecule has 6 rings (SSSR count). The summed E-state index contributed by atoms with van der Waals surface area (Å²) in [5.74, 6) is 1.25. The number of piperidine rings is 1. The van der Waals surface area contributed by atoms with E-state index in [1.165, 1.54) is 17.2 Å². The van der Waals surface area contributed by atoms with Crippen LogP contribution in [0.3, 0.4) is 0 Å². The lowest BCUT2D eigenvalue weighted by atomic mass is 9.67. The second-order valence-corrected chi connectivity index (χ2v) is 17.6. The number of aromatic amines is 1. The molecular formula is C44H54N3O5S+. The molecule has 4 N–H and O–H groups in total. The van der Waals surface area contributed by atoms with Crippen LogP contribution in [-0.4, -0.2) is 64.4 Å². The molecule has 4 aromatic carbocycles. The third kappa shape index (κ3) is 9.27. The van der Waals surface area contributed by atoms with Crippen LogP contribution in [-0.2, 0) is 33.7 Å². The summed E-state index contributed by atoms with van der Waals surface area (Å²) in [6.45, 7) is 10.3. The average molecular weight is 737 g/mol. The largest absolute Gasteiger partial charge is 0.508 e. The molecule has 2 heterocycles. The van der Waals surface area contributed by atoms with E-state index in [2.05, 4.69) is 97.8 Å². The van der Waals surface area contributed by atoms with Gasteiger partial charge in [0, 0.05) is 35.5 Å². The number of hydrogen-bond donors (Lipinski definition) is 4. The van der Waals surface area contributed by atoms with Crippen molar-refractivity contribution in [2.75, 3.05) is 39.5 Å². The zero-order valence-electron chi connectivity index (χ0n) is 31.7. The van der Waals surface area contributed by atoms with Gasteiger partial charge in [0.05, 0.1) is 12.1 Å². The Morgan fingerprint density at radius 1 is 0.906 bits per heavy atom. The number of ether oxygens (including phenoxy) is 1. The molecule has 9 heteroatoms. The monoisotopic (exact) mass is 736 g/mol. The van der Waals surface area contributed by atoms with Crippen LogP contribution in [0.1, 0.15) is 74.0 Å². The average Bonchev–Trinajstić information content (AvgIpc) is 3.15. The molecule has 1 fully saturated rings. The Bertz CT molecular complexity index is 2020. The number of nitrogens with one attached hydrogen (secondary N) is 2. The Morgan fingerprint density at radius 2 is 1.60 bits per heavy atom. The number of phenolic OH excluding ortho intramolecular Hbond substituents is 2. The van der Waals surface area contributed by atoms with Crippen LogP contribution in [0.4, 0.5) is 0 Å². The molecule has 1 aliphatic heterocycles. The van der Waals surface area contributed by atoms with Gasteiger partial charge in [0.2, 0.25) is 5.56 Å². The molecule has 0 aliphatic carbocycles. The van der Waals surface area contributed by atoms with Gasteiger partial charge in [-0.2, -0.15) is 4.18 Å². The van der Waals surface area contributed by atoms with Gasteiger partial charge in [-0.3, -0.25) is 4.79 Å². The van der Waals surface area contributed by atoms with Gasteiger partial charge in [-0.05, 0) is 119 Å². The summed E-state index contributed by atoms with van der Waals surface area (Å²) in [6, 6.07) is 31.7. The molecule has 0 radical (unpaired) electrons. The van der Waals surface area contributed by atoms with Crippen molar-refractivity contribution in [1.82, 2.24) is 15.2 Å². The number of hydrogen-bond acceptors (Lipinski definition) is 7. The van der Waals surface area contributed by atoms with E-state index in [1.807, 2.05) is 30.3 Å². The van der Waals surface area contributed by atoms with Gasteiger partial charge in [0.25, 0.3) is 0 Å². The van der Waals surface area contributed by atoms with Gasteiger partial charge in [0.1, 0.15) is 34.7 Å². The van der Waals surface area contributed by atoms with Crippen molar-refractivity contribution in [3.05, 3.63) is 135 Å². The van der Waals surface area contributed by atoms with E-state index in [-0.39, 0.29) is 38.8 Å². The second-order valence-electron chi connectivity index (χ2n) is 15.3. The second kappa shape index (κ2) is 16.8. The van der Waals surface area contributed by atoms with E-state index in [1.54, 1.807) is 12.1 Å². The van der Waals surface area contributed by atoms with E-state index >= 15 is 0 Å². The van der Waals surface area contributed by atoms with Crippen molar-refractivity contribution < 1.29 is 19.1 Å². The first-order chi connectivity index (χ1) is 25.4. The van der Waals surface area contributed by atoms with Crippen LogP contribution in [0, 0.1) is 0 Å². The van der Waals surface area contributed by atoms with Gasteiger partial charge in [-0.25, -0.2) is 0 Å². The van der Waals surface area contributed by atoms with Crippen molar-refractivity contribution in [2.24, 2.45) is 0 Å². The smallest absolute Gasteiger partial charge is 0.248 e. The topological polar surface area (TPSA) is 107 Å². The molecule has 53 heavy (non-hydrogen) atoms. The number of pyridine rings is 1. The number of rotatable bonds is 14. The molecular weight excluding hydrogens is 683 g/mol. The van der Waals surface area contributed by atoms with E-state index < -0.39 is 0 Å². The zero-order chi connectivity index (χ0) is 37.6. The number of benzene rings is 4. The van der Waals surface area contributed by atoms with Crippen molar-refractivity contribution >= 4 is 22.1 Å². The summed E-state index contributed by atoms with van der Waals surface area (Å²) in [6.07, 6.45) is 5.49. The van der Waals surface area contributed by atoms with E-state index in [0.29, 0.717) is 31.0 Å². The molecule has 5 aromatic rings. The number of fused-ring (bicyclic) bond motifs is 1. The van der Waals surface area contributed by atoms with Crippen LogP contribution in [0.5, 0.6) is 17.2 Å². The van der Waals surface area contributed by atoms with Gasteiger partial charge >= 0.3 is 0 Å². The number of phenols is 2. The quantitative estimate of drug-likeness (QED) is 0.0682. The Balaban J connectivity index is 1.04. The summed E-state index contributed by atoms with van der Waals surface area (Å²) in [5.41, 5.74) is 5.53. The normalized spacial score (nSPS) is 16.0. The van der Waals surface area contributed by atoms with Crippen LogP contribution >= 0.6 is 0 Å². The number of aromatic hydroxyl groups is 2. The van der Waals surface area contributed by atoms with E-state index in [9.17, 15) is 15.0 Å². The summed E-state index contributed by atoms with van der Waals surface area (Å²) in [4.78, 5) is 17.2. The van der Waals surface area contributed by atoms with Crippen molar-refractivity contribution in [3.63, 3.8) is 0 Å².